The number of halogens is 2. The van der Waals surface area contributed by atoms with Crippen LogP contribution in [0, 0.1) is 5.82 Å². The van der Waals surface area contributed by atoms with Crippen molar-refractivity contribution in [2.45, 2.75) is 0 Å². The van der Waals surface area contributed by atoms with Gasteiger partial charge in [0.2, 0.25) is 11.7 Å². The number of rotatable bonds is 6. The van der Waals surface area contributed by atoms with Gasteiger partial charge in [-0.2, -0.15) is 0 Å². The van der Waals surface area contributed by atoms with E-state index in [1.165, 1.54) is 45.6 Å². The molecule has 0 heterocycles. The predicted octanol–water partition coefficient (Wildman–Crippen LogP) is 4.16. The summed E-state index contributed by atoms with van der Waals surface area (Å²) in [7, 11) is 4.50. The summed E-state index contributed by atoms with van der Waals surface area (Å²) in [5, 5.41) is 2.75. The van der Waals surface area contributed by atoms with Crippen molar-refractivity contribution in [2.75, 3.05) is 26.6 Å². The molecule has 0 fully saturated rings. The average Bonchev–Trinajstić information content (AvgIpc) is 2.61. The van der Waals surface area contributed by atoms with Gasteiger partial charge in [0.25, 0.3) is 0 Å². The van der Waals surface area contributed by atoms with Gasteiger partial charge in [-0.15, -0.1) is 0 Å². The molecular formula is C18H17ClFNO4. The molecule has 1 amide bonds. The lowest BCUT2D eigenvalue weighted by molar-refractivity contribution is -0.111. The van der Waals surface area contributed by atoms with E-state index in [1.54, 1.807) is 18.2 Å². The third kappa shape index (κ3) is 4.64. The van der Waals surface area contributed by atoms with Gasteiger partial charge >= 0.3 is 0 Å². The average molecular weight is 366 g/mol. The summed E-state index contributed by atoms with van der Waals surface area (Å²) < 4.78 is 29.4. The zero-order chi connectivity index (χ0) is 18.4. The normalized spacial score (nSPS) is 10.6. The quantitative estimate of drug-likeness (QED) is 0.781. The maximum atomic E-state index is 13.6. The number of hydrogen-bond acceptors (Lipinski definition) is 4. The Labute approximate surface area is 150 Å². The highest BCUT2D eigenvalue weighted by molar-refractivity contribution is 6.31. The first-order valence-corrected chi connectivity index (χ1v) is 7.60. The van der Waals surface area contributed by atoms with Crippen LogP contribution in [0.2, 0.25) is 5.02 Å². The van der Waals surface area contributed by atoms with Crippen molar-refractivity contribution in [2.24, 2.45) is 0 Å². The lowest BCUT2D eigenvalue weighted by atomic mass is 10.1. The molecule has 0 aromatic heterocycles. The van der Waals surface area contributed by atoms with Gasteiger partial charge in [-0.05, 0) is 42.0 Å². The summed E-state index contributed by atoms with van der Waals surface area (Å²) >= 11 is 5.79. The van der Waals surface area contributed by atoms with E-state index in [9.17, 15) is 9.18 Å². The Balaban J connectivity index is 2.20. The summed E-state index contributed by atoms with van der Waals surface area (Å²) in [6.07, 6.45) is 2.81. The number of carbonyl (C=O) groups is 1. The van der Waals surface area contributed by atoms with E-state index in [1.807, 2.05) is 0 Å². The van der Waals surface area contributed by atoms with Gasteiger partial charge in [0, 0.05) is 11.1 Å². The summed E-state index contributed by atoms with van der Waals surface area (Å²) in [6, 6.07) is 7.29. The van der Waals surface area contributed by atoms with Gasteiger partial charge in [-0.3, -0.25) is 4.79 Å². The van der Waals surface area contributed by atoms with E-state index in [4.69, 9.17) is 25.8 Å². The second-order valence-electron chi connectivity index (χ2n) is 4.91. The second-order valence-corrected chi connectivity index (χ2v) is 5.34. The zero-order valence-corrected chi connectivity index (χ0v) is 14.7. The topological polar surface area (TPSA) is 56.8 Å². The molecule has 0 aliphatic rings. The molecule has 0 saturated carbocycles. The first kappa shape index (κ1) is 18.6. The van der Waals surface area contributed by atoms with Crippen LogP contribution in [0.5, 0.6) is 17.2 Å². The highest BCUT2D eigenvalue weighted by Crippen LogP contribution is 2.38. The molecule has 0 atom stereocenters. The van der Waals surface area contributed by atoms with Crippen LogP contribution in [-0.4, -0.2) is 27.2 Å². The molecular weight excluding hydrogens is 349 g/mol. The van der Waals surface area contributed by atoms with Gasteiger partial charge < -0.3 is 19.5 Å². The van der Waals surface area contributed by atoms with E-state index >= 15 is 0 Å². The van der Waals surface area contributed by atoms with Crippen molar-refractivity contribution < 1.29 is 23.4 Å². The van der Waals surface area contributed by atoms with Crippen molar-refractivity contribution >= 4 is 29.3 Å². The molecule has 0 saturated heterocycles. The predicted molar refractivity (Wildman–Crippen MR) is 95.2 cm³/mol. The summed E-state index contributed by atoms with van der Waals surface area (Å²) in [5.74, 6) is 0.298. The Morgan fingerprint density at radius 1 is 1.08 bits per heavy atom. The Kier molecular flexibility index (Phi) is 6.25. The Hall–Kier alpha value is -2.73. The van der Waals surface area contributed by atoms with Gasteiger partial charge in [0.1, 0.15) is 5.82 Å². The number of ether oxygens (including phenoxy) is 3. The van der Waals surface area contributed by atoms with E-state index in [0.717, 1.165) is 0 Å². The Bertz CT molecular complexity index is 783. The molecule has 2 aromatic rings. The van der Waals surface area contributed by atoms with Crippen LogP contribution in [0.25, 0.3) is 6.08 Å². The molecule has 0 radical (unpaired) electrons. The number of hydrogen-bond donors (Lipinski definition) is 1. The SMILES string of the molecule is COc1cc(/C=C/C(=O)Nc2cc(Cl)ccc2F)cc(OC)c1OC. The second kappa shape index (κ2) is 8.39. The first-order valence-electron chi connectivity index (χ1n) is 7.22. The van der Waals surface area contributed by atoms with E-state index < -0.39 is 11.7 Å². The molecule has 0 aliphatic heterocycles. The molecule has 2 rings (SSSR count). The fourth-order valence-electron chi connectivity index (χ4n) is 2.14. The monoisotopic (exact) mass is 365 g/mol. The number of amides is 1. The maximum Gasteiger partial charge on any atom is 0.248 e. The van der Waals surface area contributed by atoms with Crippen molar-refractivity contribution in [3.63, 3.8) is 0 Å². The summed E-state index contributed by atoms with van der Waals surface area (Å²) in [5.41, 5.74) is 0.656. The molecule has 0 bridgehead atoms. The number of carbonyl (C=O) groups excluding carboxylic acids is 1. The maximum absolute atomic E-state index is 13.6. The lowest BCUT2D eigenvalue weighted by Crippen LogP contribution is -2.09. The van der Waals surface area contributed by atoms with Crippen molar-refractivity contribution in [3.05, 3.63) is 52.8 Å². The minimum absolute atomic E-state index is 0.00652. The number of nitrogens with one attached hydrogen (secondary N) is 1. The van der Waals surface area contributed by atoms with Crippen LogP contribution in [0.1, 0.15) is 5.56 Å². The molecule has 1 N–H and O–H groups in total. The highest BCUT2D eigenvalue weighted by atomic mass is 35.5. The summed E-state index contributed by atoms with van der Waals surface area (Å²) in [4.78, 5) is 12.0. The van der Waals surface area contributed by atoms with Crippen molar-refractivity contribution in [1.82, 2.24) is 0 Å². The Morgan fingerprint density at radius 3 is 2.28 bits per heavy atom. The number of methoxy groups -OCH3 is 3. The molecule has 25 heavy (non-hydrogen) atoms. The van der Waals surface area contributed by atoms with Gasteiger partial charge in [0.05, 0.1) is 27.0 Å². The number of benzene rings is 2. The minimum Gasteiger partial charge on any atom is -0.493 e. The van der Waals surface area contributed by atoms with Crippen LogP contribution in [0.4, 0.5) is 10.1 Å². The van der Waals surface area contributed by atoms with Crippen LogP contribution < -0.4 is 19.5 Å². The van der Waals surface area contributed by atoms with Crippen LogP contribution in [0.3, 0.4) is 0 Å². The van der Waals surface area contributed by atoms with Gasteiger partial charge in [0.15, 0.2) is 11.5 Å². The minimum atomic E-state index is -0.570. The van der Waals surface area contributed by atoms with Crippen molar-refractivity contribution in [1.29, 1.82) is 0 Å². The largest absolute Gasteiger partial charge is 0.493 e. The highest BCUT2D eigenvalue weighted by Gasteiger charge is 2.12. The van der Waals surface area contributed by atoms with Crippen LogP contribution in [0.15, 0.2) is 36.4 Å². The zero-order valence-electron chi connectivity index (χ0n) is 13.9. The fraction of sp³-hybridized carbons (Fsp3) is 0.167. The molecule has 0 spiro atoms. The van der Waals surface area contributed by atoms with Crippen molar-refractivity contribution in [3.8, 4) is 17.2 Å². The molecule has 132 valence electrons. The molecule has 5 nitrogen and oxygen atoms in total. The standard InChI is InChI=1S/C18H17ClFNO4/c1-23-15-8-11(9-16(24-2)18(15)25-3)4-7-17(22)21-14-10-12(19)5-6-13(14)20/h4-10H,1-3H3,(H,21,22)/b7-4+. The third-order valence-electron chi connectivity index (χ3n) is 3.30. The number of anilines is 1. The third-order valence-corrected chi connectivity index (χ3v) is 3.54. The molecule has 0 unspecified atom stereocenters. The smallest absolute Gasteiger partial charge is 0.248 e. The molecule has 7 heteroatoms. The first-order chi connectivity index (χ1) is 12.0. The molecule has 0 aliphatic carbocycles. The molecule has 2 aromatic carbocycles. The van der Waals surface area contributed by atoms with Crippen LogP contribution in [-0.2, 0) is 4.79 Å². The lowest BCUT2D eigenvalue weighted by Gasteiger charge is -2.12. The summed E-state index contributed by atoms with van der Waals surface area (Å²) in [6.45, 7) is 0. The Morgan fingerprint density at radius 2 is 1.72 bits per heavy atom. The van der Waals surface area contributed by atoms with E-state index in [-0.39, 0.29) is 5.69 Å². The van der Waals surface area contributed by atoms with Gasteiger partial charge in [-0.1, -0.05) is 11.6 Å². The van der Waals surface area contributed by atoms with E-state index in [2.05, 4.69) is 5.32 Å². The van der Waals surface area contributed by atoms with Crippen LogP contribution >= 0.6 is 11.6 Å². The van der Waals surface area contributed by atoms with E-state index in [0.29, 0.717) is 27.8 Å². The van der Waals surface area contributed by atoms with Gasteiger partial charge in [-0.25, -0.2) is 4.39 Å². The fourth-order valence-corrected chi connectivity index (χ4v) is 2.31.